The van der Waals surface area contributed by atoms with Crippen LogP contribution in [-0.2, 0) is 6.42 Å². The summed E-state index contributed by atoms with van der Waals surface area (Å²) in [6, 6.07) is 4.66. The molecule has 2 N–H and O–H groups in total. The normalized spacial score (nSPS) is 21.5. The van der Waals surface area contributed by atoms with Crippen molar-refractivity contribution in [1.82, 2.24) is 19.6 Å². The average molecular weight is 421 g/mol. The summed E-state index contributed by atoms with van der Waals surface area (Å²) in [5.74, 6) is 0.799. The van der Waals surface area contributed by atoms with E-state index < -0.39 is 12.6 Å². The fraction of sp³-hybridized carbons (Fsp3) is 0.450. The molecule has 0 aliphatic heterocycles. The number of fused-ring (bicyclic) bond motifs is 1. The molecule has 30 heavy (non-hydrogen) atoms. The molecule has 2 aromatic heterocycles. The third-order valence-electron chi connectivity index (χ3n) is 5.51. The molecule has 3 aromatic rings. The second-order valence-corrected chi connectivity index (χ2v) is 8.05. The number of imidazole rings is 1. The van der Waals surface area contributed by atoms with Crippen molar-refractivity contribution in [3.63, 3.8) is 0 Å². The zero-order valence-electron chi connectivity index (χ0n) is 16.6. The number of ether oxygens (including phenoxy) is 1. The van der Waals surface area contributed by atoms with Gasteiger partial charge in [0.15, 0.2) is 0 Å². The number of aromatic nitrogens is 4. The average Bonchev–Trinajstić information content (AvgIpc) is 3.16. The summed E-state index contributed by atoms with van der Waals surface area (Å²) in [7, 11) is 1.41. The molecule has 0 spiro atoms. The summed E-state index contributed by atoms with van der Waals surface area (Å²) >= 11 is 0. The van der Waals surface area contributed by atoms with Crippen LogP contribution in [-0.4, -0.2) is 50.6 Å². The molecule has 0 radical (unpaired) electrons. The molecule has 7 nitrogen and oxygen atoms in total. The van der Waals surface area contributed by atoms with Crippen molar-refractivity contribution in [2.45, 2.75) is 38.4 Å². The highest BCUT2D eigenvalue weighted by Gasteiger charge is 2.40. The minimum absolute atomic E-state index is 0.0534. The van der Waals surface area contributed by atoms with Crippen LogP contribution in [0.25, 0.3) is 16.8 Å². The molecular weight excluding hydrogens is 399 g/mol. The number of rotatable bonds is 6. The Kier molecular flexibility index (Phi) is 5.05. The highest BCUT2D eigenvalue weighted by Crippen LogP contribution is 2.41. The molecule has 4 rings (SSSR count). The largest absolute Gasteiger partial charge is 0.497 e. The summed E-state index contributed by atoms with van der Waals surface area (Å²) < 4.78 is 46.2. The van der Waals surface area contributed by atoms with Crippen molar-refractivity contribution in [2.75, 3.05) is 19.0 Å². The molecule has 1 aliphatic carbocycles. The summed E-state index contributed by atoms with van der Waals surface area (Å²) in [5.41, 5.74) is 1.14. The number of aliphatic hydroxyl groups excluding tert-OH is 1. The van der Waals surface area contributed by atoms with E-state index in [2.05, 4.69) is 20.5 Å². The van der Waals surface area contributed by atoms with E-state index in [-0.39, 0.29) is 23.6 Å². The maximum absolute atomic E-state index is 13.1. The molecule has 2 heterocycles. The summed E-state index contributed by atoms with van der Waals surface area (Å²) in [5, 5.41) is 21.1. The Bertz CT molecular complexity index is 1060. The lowest BCUT2D eigenvalue weighted by Gasteiger charge is -2.44. The number of aliphatic hydroxyl groups is 1. The van der Waals surface area contributed by atoms with E-state index >= 15 is 0 Å². The van der Waals surface area contributed by atoms with E-state index in [9.17, 15) is 18.3 Å². The van der Waals surface area contributed by atoms with E-state index in [1.807, 2.05) is 6.92 Å². The lowest BCUT2D eigenvalue weighted by atomic mass is 9.67. The molecule has 160 valence electrons. The first kappa shape index (κ1) is 20.4. The van der Waals surface area contributed by atoms with Gasteiger partial charge in [0.1, 0.15) is 17.8 Å². The van der Waals surface area contributed by atoms with Gasteiger partial charge in [-0.1, -0.05) is 6.92 Å². The molecule has 1 aromatic carbocycles. The Labute approximate surface area is 170 Å². The van der Waals surface area contributed by atoms with E-state index in [1.165, 1.54) is 13.2 Å². The molecule has 1 saturated carbocycles. The predicted molar refractivity (Wildman–Crippen MR) is 104 cm³/mol. The number of hydrogen-bond donors (Lipinski definition) is 2. The SMILES string of the molecule is COc1ccc(-c2nnc(NC3CC(C)(CO)C3)n3cncc23)c(CC(F)(F)F)c1. The van der Waals surface area contributed by atoms with E-state index in [0.29, 0.717) is 28.5 Å². The van der Waals surface area contributed by atoms with Gasteiger partial charge in [0.05, 0.1) is 25.2 Å². The van der Waals surface area contributed by atoms with E-state index in [0.717, 1.165) is 12.8 Å². The number of anilines is 1. The van der Waals surface area contributed by atoms with Crippen LogP contribution in [0.15, 0.2) is 30.7 Å². The number of hydrogen-bond acceptors (Lipinski definition) is 6. The van der Waals surface area contributed by atoms with Crippen LogP contribution in [0.5, 0.6) is 5.75 Å². The second-order valence-electron chi connectivity index (χ2n) is 8.05. The summed E-state index contributed by atoms with van der Waals surface area (Å²) in [6.45, 7) is 2.13. The lowest BCUT2D eigenvalue weighted by Crippen LogP contribution is -2.45. The van der Waals surface area contributed by atoms with Gasteiger partial charge in [0.2, 0.25) is 5.95 Å². The molecule has 0 bridgehead atoms. The summed E-state index contributed by atoms with van der Waals surface area (Å²) in [4.78, 5) is 4.14. The topological polar surface area (TPSA) is 84.6 Å². The molecule has 0 saturated heterocycles. The maximum atomic E-state index is 13.1. The molecule has 1 aliphatic rings. The first-order valence-electron chi connectivity index (χ1n) is 9.51. The number of halogens is 3. The first-order valence-corrected chi connectivity index (χ1v) is 9.51. The van der Waals surface area contributed by atoms with Gasteiger partial charge in [-0.15, -0.1) is 10.2 Å². The zero-order valence-corrected chi connectivity index (χ0v) is 16.6. The Morgan fingerprint density at radius 1 is 1.30 bits per heavy atom. The van der Waals surface area contributed by atoms with Crippen molar-refractivity contribution in [1.29, 1.82) is 0 Å². The Morgan fingerprint density at radius 2 is 2.07 bits per heavy atom. The predicted octanol–water partition coefficient (Wildman–Crippen LogP) is 3.48. The van der Waals surface area contributed by atoms with Crippen molar-refractivity contribution < 1.29 is 23.0 Å². The van der Waals surface area contributed by atoms with E-state index in [1.54, 1.807) is 29.1 Å². The van der Waals surface area contributed by atoms with Gasteiger partial charge in [0, 0.05) is 18.2 Å². The smallest absolute Gasteiger partial charge is 0.393 e. The highest BCUT2D eigenvalue weighted by atomic mass is 19.4. The van der Waals surface area contributed by atoms with Crippen molar-refractivity contribution in [3.05, 3.63) is 36.3 Å². The van der Waals surface area contributed by atoms with Crippen molar-refractivity contribution in [2.24, 2.45) is 5.41 Å². The Balaban J connectivity index is 1.70. The first-order chi connectivity index (χ1) is 14.2. The van der Waals surface area contributed by atoms with Gasteiger partial charge in [-0.25, -0.2) is 4.98 Å². The molecule has 10 heteroatoms. The van der Waals surface area contributed by atoms with Gasteiger partial charge < -0.3 is 15.2 Å². The standard InChI is InChI=1S/C20H22F3N5O2/c1-19(10-29)7-13(8-19)25-18-27-26-17(16-9-24-11-28(16)18)15-4-3-14(30-2)5-12(15)6-20(21,22)23/h3-5,9,11,13,29H,6-8,10H2,1-2H3,(H,25,27). The fourth-order valence-electron chi connectivity index (χ4n) is 3.96. The molecule has 1 fully saturated rings. The highest BCUT2D eigenvalue weighted by molar-refractivity contribution is 5.79. The Morgan fingerprint density at radius 3 is 2.73 bits per heavy atom. The third kappa shape index (κ3) is 3.91. The van der Waals surface area contributed by atoms with Gasteiger partial charge >= 0.3 is 6.18 Å². The number of methoxy groups -OCH3 is 1. The number of nitrogens with zero attached hydrogens (tertiary/aromatic N) is 4. The van der Waals surface area contributed by atoms with Crippen LogP contribution in [0.2, 0.25) is 0 Å². The summed E-state index contributed by atoms with van der Waals surface area (Å²) in [6.07, 6.45) is -0.809. The fourth-order valence-corrected chi connectivity index (χ4v) is 3.96. The van der Waals surface area contributed by atoms with Gasteiger partial charge in [-0.3, -0.25) is 4.40 Å². The van der Waals surface area contributed by atoms with Gasteiger partial charge in [-0.05, 0) is 42.0 Å². The maximum Gasteiger partial charge on any atom is 0.393 e. The van der Waals surface area contributed by atoms with Crippen LogP contribution in [0.3, 0.4) is 0 Å². The number of alkyl halides is 3. The van der Waals surface area contributed by atoms with Crippen molar-refractivity contribution in [3.8, 4) is 17.0 Å². The Hall–Kier alpha value is -2.88. The zero-order chi connectivity index (χ0) is 21.5. The minimum atomic E-state index is -4.38. The molecular formula is C20H22F3N5O2. The molecule has 0 amide bonds. The minimum Gasteiger partial charge on any atom is -0.497 e. The second kappa shape index (κ2) is 7.42. The third-order valence-corrected chi connectivity index (χ3v) is 5.51. The van der Waals surface area contributed by atoms with E-state index in [4.69, 9.17) is 4.74 Å². The number of benzene rings is 1. The molecule has 0 unspecified atom stereocenters. The van der Waals surface area contributed by atoms with Crippen LogP contribution in [0, 0.1) is 5.41 Å². The monoisotopic (exact) mass is 421 g/mol. The van der Waals surface area contributed by atoms with Crippen LogP contribution in [0.1, 0.15) is 25.3 Å². The van der Waals surface area contributed by atoms with Crippen LogP contribution in [0.4, 0.5) is 19.1 Å². The van der Waals surface area contributed by atoms with Gasteiger partial charge in [-0.2, -0.15) is 13.2 Å². The quantitative estimate of drug-likeness (QED) is 0.634. The lowest BCUT2D eigenvalue weighted by molar-refractivity contribution is -0.127. The van der Waals surface area contributed by atoms with Crippen LogP contribution >= 0.6 is 0 Å². The van der Waals surface area contributed by atoms with Crippen LogP contribution < -0.4 is 10.1 Å². The molecule has 0 atom stereocenters. The van der Waals surface area contributed by atoms with Gasteiger partial charge in [0.25, 0.3) is 0 Å². The van der Waals surface area contributed by atoms with Crippen molar-refractivity contribution >= 4 is 11.5 Å². The number of nitrogens with one attached hydrogen (secondary N) is 1.